The molecular weight excluding hydrogens is 250 g/mol. The third kappa shape index (κ3) is 7.03. The van der Waals surface area contributed by atoms with Crippen molar-refractivity contribution in [3.8, 4) is 0 Å². The maximum absolute atomic E-state index is 11.7. The highest BCUT2D eigenvalue weighted by Crippen LogP contribution is 2.23. The maximum Gasteiger partial charge on any atom is 0.324 e. The molecule has 2 atom stereocenters. The zero-order valence-electron chi connectivity index (χ0n) is 11.5. The average Bonchev–Trinajstić information content (AvgIpc) is 2.27. The molecule has 0 saturated carbocycles. The van der Waals surface area contributed by atoms with Crippen LogP contribution in [0.25, 0.3) is 0 Å². The second-order valence-corrected chi connectivity index (χ2v) is 5.32. The Kier molecular flexibility index (Phi) is 8.31. The molecule has 0 radical (unpaired) electrons. The summed E-state index contributed by atoms with van der Waals surface area (Å²) in [6.07, 6.45) is 3.97. The van der Waals surface area contributed by atoms with Gasteiger partial charge in [-0.2, -0.15) is 12.6 Å². The monoisotopic (exact) mass is 275 g/mol. The van der Waals surface area contributed by atoms with E-state index in [2.05, 4.69) is 18.7 Å². The molecule has 0 aliphatic carbocycles. The number of hydrogen-bond donors (Lipinski definition) is 3. The van der Waals surface area contributed by atoms with Crippen LogP contribution in [0.2, 0.25) is 0 Å². The highest BCUT2D eigenvalue weighted by atomic mass is 32.1. The van der Waals surface area contributed by atoms with E-state index in [1.54, 1.807) is 0 Å². The van der Waals surface area contributed by atoms with Crippen molar-refractivity contribution in [1.82, 2.24) is 0 Å². The Morgan fingerprint density at radius 2 is 2.11 bits per heavy atom. The summed E-state index contributed by atoms with van der Waals surface area (Å²) in [5.41, 5.74) is 6.13. The van der Waals surface area contributed by atoms with Crippen LogP contribution < -0.4 is 5.73 Å². The van der Waals surface area contributed by atoms with Gasteiger partial charge < -0.3 is 15.6 Å². The third-order valence-corrected chi connectivity index (χ3v) is 3.11. The highest BCUT2D eigenvalue weighted by molar-refractivity contribution is 7.80. The summed E-state index contributed by atoms with van der Waals surface area (Å²) in [6, 6.07) is -0.713. The quantitative estimate of drug-likeness (QED) is 0.358. The topological polar surface area (TPSA) is 72.5 Å². The van der Waals surface area contributed by atoms with E-state index in [9.17, 15) is 4.79 Å². The lowest BCUT2D eigenvalue weighted by Gasteiger charge is -2.30. The number of rotatable bonds is 8. The summed E-state index contributed by atoms with van der Waals surface area (Å²) >= 11 is 3.97. The molecule has 1 unspecified atom stereocenters. The summed E-state index contributed by atoms with van der Waals surface area (Å²) in [5, 5.41) is 9.07. The number of carbonyl (C=O) groups excluding carboxylic acids is 1. The summed E-state index contributed by atoms with van der Waals surface area (Å²) < 4.78 is 5.41. The number of aliphatic hydroxyl groups excluding tert-OH is 1. The van der Waals surface area contributed by atoms with Crippen LogP contribution in [0.15, 0.2) is 11.6 Å². The van der Waals surface area contributed by atoms with Gasteiger partial charge in [-0.05, 0) is 33.6 Å². The first-order valence-electron chi connectivity index (χ1n) is 6.18. The summed E-state index contributed by atoms with van der Waals surface area (Å²) in [7, 11) is 0. The first-order chi connectivity index (χ1) is 8.34. The van der Waals surface area contributed by atoms with E-state index in [0.717, 1.165) is 6.42 Å². The van der Waals surface area contributed by atoms with Crippen LogP contribution in [-0.2, 0) is 9.53 Å². The smallest absolute Gasteiger partial charge is 0.324 e. The SMILES string of the molecule is CC(C)=CCCC(C)(CCO)OC(=O)[C@@H](N)CS. The summed E-state index contributed by atoms with van der Waals surface area (Å²) in [5.74, 6) is -0.208. The second kappa shape index (κ2) is 8.56. The van der Waals surface area contributed by atoms with Gasteiger partial charge in [0.05, 0.1) is 0 Å². The van der Waals surface area contributed by atoms with E-state index in [4.69, 9.17) is 15.6 Å². The van der Waals surface area contributed by atoms with Crippen LogP contribution in [0.1, 0.15) is 40.0 Å². The second-order valence-electron chi connectivity index (χ2n) is 4.95. The van der Waals surface area contributed by atoms with Crippen molar-refractivity contribution in [1.29, 1.82) is 0 Å². The molecule has 106 valence electrons. The van der Waals surface area contributed by atoms with E-state index in [1.807, 2.05) is 20.8 Å². The van der Waals surface area contributed by atoms with E-state index in [0.29, 0.717) is 12.8 Å². The van der Waals surface area contributed by atoms with E-state index in [-0.39, 0.29) is 12.4 Å². The van der Waals surface area contributed by atoms with Crippen LogP contribution in [0.4, 0.5) is 0 Å². The molecule has 0 spiro atoms. The van der Waals surface area contributed by atoms with Crippen molar-refractivity contribution < 1.29 is 14.6 Å². The lowest BCUT2D eigenvalue weighted by Crippen LogP contribution is -2.41. The number of thiol groups is 1. The van der Waals surface area contributed by atoms with Gasteiger partial charge in [0.15, 0.2) is 0 Å². The minimum absolute atomic E-state index is 0.0191. The fourth-order valence-corrected chi connectivity index (χ4v) is 1.67. The normalized spacial score (nSPS) is 15.7. The van der Waals surface area contributed by atoms with Crippen LogP contribution in [-0.4, -0.2) is 35.1 Å². The van der Waals surface area contributed by atoms with Crippen molar-refractivity contribution in [2.24, 2.45) is 5.73 Å². The van der Waals surface area contributed by atoms with Crippen LogP contribution in [0.3, 0.4) is 0 Å². The van der Waals surface area contributed by atoms with Gasteiger partial charge in [-0.3, -0.25) is 4.79 Å². The molecule has 0 aromatic heterocycles. The van der Waals surface area contributed by atoms with Crippen LogP contribution in [0.5, 0.6) is 0 Å². The number of carbonyl (C=O) groups is 1. The first-order valence-corrected chi connectivity index (χ1v) is 6.81. The Bertz CT molecular complexity index is 290. The fraction of sp³-hybridized carbons (Fsp3) is 0.769. The van der Waals surface area contributed by atoms with Gasteiger partial charge in [0.25, 0.3) is 0 Å². The molecule has 0 saturated heterocycles. The minimum atomic E-state index is -0.713. The lowest BCUT2D eigenvalue weighted by atomic mass is 9.95. The molecule has 0 aliphatic heterocycles. The predicted molar refractivity (Wildman–Crippen MR) is 76.7 cm³/mol. The molecule has 4 nitrogen and oxygen atoms in total. The average molecular weight is 275 g/mol. The zero-order valence-corrected chi connectivity index (χ0v) is 12.4. The van der Waals surface area contributed by atoms with Gasteiger partial charge in [0.2, 0.25) is 0 Å². The summed E-state index contributed by atoms with van der Waals surface area (Å²) in [4.78, 5) is 11.7. The molecule has 5 heteroatoms. The van der Waals surface area contributed by atoms with E-state index < -0.39 is 17.6 Å². The molecule has 0 aliphatic rings. The third-order valence-electron chi connectivity index (χ3n) is 2.71. The van der Waals surface area contributed by atoms with Gasteiger partial charge in [0.1, 0.15) is 11.6 Å². The number of ether oxygens (including phenoxy) is 1. The van der Waals surface area contributed by atoms with E-state index in [1.165, 1.54) is 5.57 Å². The fourth-order valence-electron chi connectivity index (χ4n) is 1.52. The Labute approximate surface area is 115 Å². The number of aliphatic hydroxyl groups is 1. The van der Waals surface area contributed by atoms with Crippen LogP contribution >= 0.6 is 12.6 Å². The standard InChI is InChI=1S/C13H25NO3S/c1-10(2)5-4-6-13(3,7-8-15)17-12(16)11(14)9-18/h5,11,15,18H,4,6-9,14H2,1-3H3/t11-,13?/m0/s1. The predicted octanol–water partition coefficient (Wildman–Crippen LogP) is 1.67. The molecule has 0 bridgehead atoms. The molecule has 0 heterocycles. The molecule has 0 amide bonds. The lowest BCUT2D eigenvalue weighted by molar-refractivity contribution is -0.161. The van der Waals surface area contributed by atoms with Crippen molar-refractivity contribution in [2.45, 2.75) is 51.7 Å². The largest absolute Gasteiger partial charge is 0.458 e. The number of allylic oxidation sites excluding steroid dienone is 2. The Morgan fingerprint density at radius 3 is 2.56 bits per heavy atom. The van der Waals surface area contributed by atoms with Gasteiger partial charge in [-0.1, -0.05) is 11.6 Å². The Balaban J connectivity index is 4.50. The Hall–Kier alpha value is -0.520. The molecule has 3 N–H and O–H groups in total. The Morgan fingerprint density at radius 1 is 1.50 bits per heavy atom. The molecule has 0 rings (SSSR count). The minimum Gasteiger partial charge on any atom is -0.458 e. The van der Waals surface area contributed by atoms with Gasteiger partial charge in [-0.25, -0.2) is 0 Å². The van der Waals surface area contributed by atoms with Crippen molar-refractivity contribution in [3.63, 3.8) is 0 Å². The van der Waals surface area contributed by atoms with Crippen LogP contribution in [0, 0.1) is 0 Å². The van der Waals surface area contributed by atoms with Crippen molar-refractivity contribution in [3.05, 3.63) is 11.6 Å². The number of hydrogen-bond acceptors (Lipinski definition) is 5. The van der Waals surface area contributed by atoms with Gasteiger partial charge in [0, 0.05) is 18.8 Å². The zero-order chi connectivity index (χ0) is 14.2. The highest BCUT2D eigenvalue weighted by Gasteiger charge is 2.29. The van der Waals surface area contributed by atoms with Crippen molar-refractivity contribution >= 4 is 18.6 Å². The van der Waals surface area contributed by atoms with E-state index >= 15 is 0 Å². The van der Waals surface area contributed by atoms with Gasteiger partial charge in [-0.15, -0.1) is 0 Å². The molecule has 0 aromatic rings. The first kappa shape index (κ1) is 17.5. The number of nitrogens with two attached hydrogens (primary N) is 1. The maximum atomic E-state index is 11.7. The summed E-state index contributed by atoms with van der Waals surface area (Å²) in [6.45, 7) is 5.85. The molecule has 0 aromatic carbocycles. The molecule has 18 heavy (non-hydrogen) atoms. The molecule has 0 fully saturated rings. The number of esters is 1. The van der Waals surface area contributed by atoms with Gasteiger partial charge >= 0.3 is 5.97 Å². The van der Waals surface area contributed by atoms with Crippen molar-refractivity contribution in [2.75, 3.05) is 12.4 Å². The molecular formula is C13H25NO3S.